The predicted octanol–water partition coefficient (Wildman–Crippen LogP) is -0.443. The summed E-state index contributed by atoms with van der Waals surface area (Å²) < 4.78 is 0. The van der Waals surface area contributed by atoms with Crippen molar-refractivity contribution in [1.29, 1.82) is 0 Å². The van der Waals surface area contributed by atoms with Gasteiger partial charge in [0.25, 0.3) is 0 Å². The lowest BCUT2D eigenvalue weighted by molar-refractivity contribution is -0.149. The van der Waals surface area contributed by atoms with Crippen molar-refractivity contribution in [3.05, 3.63) is 0 Å². The highest BCUT2D eigenvalue weighted by molar-refractivity contribution is 7.98. The molecule has 0 aliphatic carbocycles. The zero-order chi connectivity index (χ0) is 16.7. The van der Waals surface area contributed by atoms with Crippen molar-refractivity contribution in [3.8, 4) is 0 Å². The third-order valence-electron chi connectivity index (χ3n) is 3.58. The van der Waals surface area contributed by atoms with E-state index in [2.05, 4.69) is 17.9 Å². The van der Waals surface area contributed by atoms with Crippen LogP contribution >= 0.6 is 24.4 Å². The van der Waals surface area contributed by atoms with Crippen LogP contribution < -0.4 is 11.1 Å². The Balaban J connectivity index is 2.79. The van der Waals surface area contributed by atoms with Crippen molar-refractivity contribution in [2.45, 2.75) is 37.4 Å². The van der Waals surface area contributed by atoms with E-state index in [9.17, 15) is 19.5 Å². The van der Waals surface area contributed by atoms with Crippen LogP contribution in [-0.2, 0) is 14.4 Å². The van der Waals surface area contributed by atoms with Crippen LogP contribution in [-0.4, -0.2) is 70.2 Å². The van der Waals surface area contributed by atoms with Gasteiger partial charge in [-0.25, -0.2) is 4.79 Å². The largest absolute Gasteiger partial charge is 0.480 e. The molecule has 1 rings (SSSR count). The zero-order valence-electron chi connectivity index (χ0n) is 12.5. The first-order chi connectivity index (χ1) is 10.4. The van der Waals surface area contributed by atoms with E-state index in [-0.39, 0.29) is 11.7 Å². The highest BCUT2D eigenvalue weighted by Gasteiger charge is 2.37. The highest BCUT2D eigenvalue weighted by atomic mass is 32.2. The Bertz CT molecular complexity index is 422. The number of carbonyl (C=O) groups excluding carboxylic acids is 2. The van der Waals surface area contributed by atoms with Crippen LogP contribution in [0, 0.1) is 0 Å². The van der Waals surface area contributed by atoms with Gasteiger partial charge in [0.15, 0.2) is 0 Å². The van der Waals surface area contributed by atoms with Crippen molar-refractivity contribution in [3.63, 3.8) is 0 Å². The topological polar surface area (TPSA) is 113 Å². The van der Waals surface area contributed by atoms with Gasteiger partial charge in [0, 0.05) is 12.3 Å². The van der Waals surface area contributed by atoms with Gasteiger partial charge in [0.1, 0.15) is 12.1 Å². The Morgan fingerprint density at radius 3 is 2.73 bits per heavy atom. The van der Waals surface area contributed by atoms with E-state index < -0.39 is 30.0 Å². The second kappa shape index (κ2) is 9.26. The highest BCUT2D eigenvalue weighted by Crippen LogP contribution is 2.19. The minimum absolute atomic E-state index is 0.177. The first-order valence-electron chi connectivity index (χ1n) is 7.11. The summed E-state index contributed by atoms with van der Waals surface area (Å²) in [6, 6.07) is -2.34. The number of rotatable bonds is 8. The van der Waals surface area contributed by atoms with E-state index in [0.29, 0.717) is 31.6 Å². The lowest BCUT2D eigenvalue weighted by atomic mass is 10.1. The van der Waals surface area contributed by atoms with Gasteiger partial charge >= 0.3 is 5.97 Å². The molecule has 0 aromatic carbocycles. The van der Waals surface area contributed by atoms with E-state index in [4.69, 9.17) is 5.73 Å². The molecule has 0 aromatic rings. The molecule has 1 heterocycles. The molecule has 22 heavy (non-hydrogen) atoms. The molecule has 1 fully saturated rings. The number of nitrogens with one attached hydrogen (secondary N) is 1. The maximum Gasteiger partial charge on any atom is 0.326 e. The summed E-state index contributed by atoms with van der Waals surface area (Å²) in [5, 5.41) is 11.8. The molecule has 4 N–H and O–H groups in total. The van der Waals surface area contributed by atoms with Gasteiger partial charge in [-0.05, 0) is 31.3 Å². The number of likely N-dealkylation sites (tertiary alicyclic amines) is 1. The smallest absolute Gasteiger partial charge is 0.326 e. The summed E-state index contributed by atoms with van der Waals surface area (Å²) in [4.78, 5) is 37.1. The average Bonchev–Trinajstić information content (AvgIpc) is 2.99. The van der Waals surface area contributed by atoms with Crippen LogP contribution in [0.4, 0.5) is 0 Å². The van der Waals surface area contributed by atoms with Crippen molar-refractivity contribution in [2.24, 2.45) is 5.73 Å². The van der Waals surface area contributed by atoms with E-state index in [0.717, 1.165) is 0 Å². The average molecular weight is 349 g/mol. The van der Waals surface area contributed by atoms with E-state index in [1.807, 2.05) is 6.26 Å². The molecule has 0 spiro atoms. The number of hydrogen-bond acceptors (Lipinski definition) is 6. The number of aliphatic carboxylic acids is 1. The maximum atomic E-state index is 12.6. The number of nitrogens with zero attached hydrogens (tertiary/aromatic N) is 1. The summed E-state index contributed by atoms with van der Waals surface area (Å²) in [6.45, 7) is 0.403. The Kier molecular flexibility index (Phi) is 8.05. The Hall–Kier alpha value is -0.930. The van der Waals surface area contributed by atoms with Crippen LogP contribution in [0.2, 0.25) is 0 Å². The van der Waals surface area contributed by atoms with E-state index in [1.165, 1.54) is 4.90 Å². The second-order valence-electron chi connectivity index (χ2n) is 5.16. The van der Waals surface area contributed by atoms with Gasteiger partial charge in [-0.1, -0.05) is 0 Å². The third kappa shape index (κ3) is 5.06. The minimum atomic E-state index is -1.01. The summed E-state index contributed by atoms with van der Waals surface area (Å²) in [5.74, 6) is -0.943. The first kappa shape index (κ1) is 19.1. The quantitative estimate of drug-likeness (QED) is 0.442. The normalized spacial score (nSPS) is 20.5. The molecular weight excluding hydrogens is 326 g/mol. The molecule has 126 valence electrons. The molecule has 1 saturated heterocycles. The van der Waals surface area contributed by atoms with E-state index in [1.54, 1.807) is 11.8 Å². The second-order valence-corrected chi connectivity index (χ2v) is 6.51. The van der Waals surface area contributed by atoms with Crippen molar-refractivity contribution >= 4 is 42.2 Å². The van der Waals surface area contributed by atoms with Gasteiger partial charge in [-0.2, -0.15) is 24.4 Å². The Morgan fingerprint density at radius 2 is 2.18 bits per heavy atom. The molecule has 0 radical (unpaired) electrons. The van der Waals surface area contributed by atoms with Crippen molar-refractivity contribution < 1.29 is 19.5 Å². The molecule has 0 saturated carbocycles. The third-order valence-corrected chi connectivity index (χ3v) is 4.62. The predicted molar refractivity (Wildman–Crippen MR) is 89.1 cm³/mol. The number of hydrogen-bond donors (Lipinski definition) is 4. The molecule has 0 aromatic heterocycles. The molecule has 7 nitrogen and oxygen atoms in total. The summed E-state index contributed by atoms with van der Waals surface area (Å²) in [5.41, 5.74) is 5.61. The molecule has 3 atom stereocenters. The molecule has 2 amide bonds. The van der Waals surface area contributed by atoms with Gasteiger partial charge < -0.3 is 21.1 Å². The molecule has 0 unspecified atom stereocenters. The fourth-order valence-corrected chi connectivity index (χ4v) is 2.98. The first-order valence-corrected chi connectivity index (χ1v) is 9.14. The number of carbonyl (C=O) groups is 3. The Morgan fingerprint density at radius 1 is 1.50 bits per heavy atom. The monoisotopic (exact) mass is 349 g/mol. The summed E-state index contributed by atoms with van der Waals surface area (Å²) >= 11 is 5.52. The van der Waals surface area contributed by atoms with Gasteiger partial charge in [0.2, 0.25) is 11.8 Å². The fraction of sp³-hybridized carbons (Fsp3) is 0.769. The SMILES string of the molecule is CSCC[C@H](NC(=O)[C@@H](N)CS)C(=O)N1CCC[C@@H]1C(=O)O. The lowest BCUT2D eigenvalue weighted by Crippen LogP contribution is -2.55. The number of thiol groups is 1. The van der Waals surface area contributed by atoms with Gasteiger partial charge in [0.05, 0.1) is 6.04 Å². The molecule has 9 heteroatoms. The van der Waals surface area contributed by atoms with Crippen LogP contribution in [0.5, 0.6) is 0 Å². The summed E-state index contributed by atoms with van der Waals surface area (Å²) in [7, 11) is 0. The standard InChI is InChI=1S/C13H23N3O4S2/c1-22-6-4-9(15-11(17)8(14)7-21)12(18)16-5-2-3-10(16)13(19)20/h8-10,21H,2-7,14H2,1H3,(H,15,17)(H,19,20)/t8-,9-,10+/m0/s1. The van der Waals surface area contributed by atoms with E-state index >= 15 is 0 Å². The fourth-order valence-electron chi connectivity index (χ4n) is 2.34. The van der Waals surface area contributed by atoms with Crippen molar-refractivity contribution in [2.75, 3.05) is 24.3 Å². The van der Waals surface area contributed by atoms with Crippen LogP contribution in [0.1, 0.15) is 19.3 Å². The molecule has 1 aliphatic rings. The molecular formula is C13H23N3O4S2. The molecule has 1 aliphatic heterocycles. The van der Waals surface area contributed by atoms with Crippen LogP contribution in [0.25, 0.3) is 0 Å². The summed E-state index contributed by atoms with van der Waals surface area (Å²) in [6.07, 6.45) is 3.44. The number of thioether (sulfide) groups is 1. The Labute approximate surface area is 139 Å². The number of nitrogens with two attached hydrogens (primary N) is 1. The van der Waals surface area contributed by atoms with Gasteiger partial charge in [-0.15, -0.1) is 0 Å². The number of carboxylic acid groups (broad SMARTS) is 1. The maximum absolute atomic E-state index is 12.6. The van der Waals surface area contributed by atoms with Crippen LogP contribution in [0.3, 0.4) is 0 Å². The number of amides is 2. The lowest BCUT2D eigenvalue weighted by Gasteiger charge is -2.27. The molecule has 0 bridgehead atoms. The van der Waals surface area contributed by atoms with Crippen molar-refractivity contribution in [1.82, 2.24) is 10.2 Å². The minimum Gasteiger partial charge on any atom is -0.480 e. The van der Waals surface area contributed by atoms with Crippen LogP contribution in [0.15, 0.2) is 0 Å². The van der Waals surface area contributed by atoms with Gasteiger partial charge in [-0.3, -0.25) is 9.59 Å². The zero-order valence-corrected chi connectivity index (χ0v) is 14.2. The number of carboxylic acids is 1.